The van der Waals surface area contributed by atoms with E-state index < -0.39 is 0 Å². The molecule has 0 bridgehead atoms. The number of carbonyl (C=O) groups is 2. The first-order valence-corrected chi connectivity index (χ1v) is 8.93. The molecule has 1 aliphatic heterocycles. The molecule has 0 aromatic heterocycles. The van der Waals surface area contributed by atoms with E-state index in [1.165, 1.54) is 31.3 Å². The van der Waals surface area contributed by atoms with E-state index in [1.54, 1.807) is 11.9 Å². The lowest BCUT2D eigenvalue weighted by atomic mass is 9.97. The lowest BCUT2D eigenvalue weighted by Crippen LogP contribution is -2.35. The lowest BCUT2D eigenvalue weighted by Gasteiger charge is -2.22. The molecule has 0 N–H and O–H groups in total. The molecule has 4 heteroatoms. The van der Waals surface area contributed by atoms with Crippen LogP contribution in [-0.4, -0.2) is 36.9 Å². The van der Waals surface area contributed by atoms with Gasteiger partial charge in [0.05, 0.1) is 5.92 Å². The Labute approximate surface area is 144 Å². The van der Waals surface area contributed by atoms with Crippen LogP contribution in [0.3, 0.4) is 0 Å². The van der Waals surface area contributed by atoms with Crippen molar-refractivity contribution in [3.8, 4) is 0 Å². The molecule has 2 aliphatic rings. The summed E-state index contributed by atoms with van der Waals surface area (Å²) in [4.78, 5) is 28.5. The van der Waals surface area contributed by atoms with Crippen LogP contribution in [0, 0.1) is 5.92 Å². The van der Waals surface area contributed by atoms with Crippen LogP contribution in [0.15, 0.2) is 42.0 Å². The summed E-state index contributed by atoms with van der Waals surface area (Å²) in [7, 11) is 1.79. The third-order valence-electron chi connectivity index (χ3n) is 5.13. The summed E-state index contributed by atoms with van der Waals surface area (Å²) in [5.74, 6) is -0.0665. The van der Waals surface area contributed by atoms with Crippen LogP contribution in [0.4, 0.5) is 5.69 Å². The molecular weight excluding hydrogens is 300 g/mol. The Bertz CT molecular complexity index is 624. The Morgan fingerprint density at radius 1 is 1.25 bits per heavy atom. The number of anilines is 1. The predicted molar refractivity (Wildman–Crippen MR) is 95.7 cm³/mol. The minimum Gasteiger partial charge on any atom is -0.342 e. The van der Waals surface area contributed by atoms with Gasteiger partial charge in [0.15, 0.2) is 0 Å². The highest BCUT2D eigenvalue weighted by molar-refractivity contribution is 5.98. The topological polar surface area (TPSA) is 40.6 Å². The zero-order valence-electron chi connectivity index (χ0n) is 14.4. The van der Waals surface area contributed by atoms with Crippen molar-refractivity contribution < 1.29 is 9.59 Å². The van der Waals surface area contributed by atoms with E-state index in [1.807, 2.05) is 35.2 Å². The number of hydrogen-bond donors (Lipinski definition) is 0. The first-order valence-electron chi connectivity index (χ1n) is 8.93. The minimum absolute atomic E-state index is 0.0360. The molecule has 1 unspecified atom stereocenters. The molecule has 1 aromatic carbocycles. The van der Waals surface area contributed by atoms with Gasteiger partial charge in [-0.2, -0.15) is 0 Å². The number of amides is 2. The second kappa shape index (κ2) is 7.65. The molecule has 1 heterocycles. The van der Waals surface area contributed by atoms with Crippen molar-refractivity contribution in [3.05, 3.63) is 42.0 Å². The van der Waals surface area contributed by atoms with Crippen molar-refractivity contribution in [2.24, 2.45) is 5.92 Å². The third-order valence-corrected chi connectivity index (χ3v) is 5.13. The summed E-state index contributed by atoms with van der Waals surface area (Å²) in [6.45, 7) is 1.31. The maximum Gasteiger partial charge on any atom is 0.232 e. The molecule has 0 saturated carbocycles. The number of nitrogens with zero attached hydrogens (tertiary/aromatic N) is 2. The zero-order chi connectivity index (χ0) is 16.9. The Morgan fingerprint density at radius 2 is 2.04 bits per heavy atom. The van der Waals surface area contributed by atoms with E-state index in [0.717, 1.165) is 18.7 Å². The summed E-state index contributed by atoms with van der Waals surface area (Å²) < 4.78 is 0. The maximum atomic E-state index is 12.7. The smallest absolute Gasteiger partial charge is 0.232 e. The van der Waals surface area contributed by atoms with Gasteiger partial charge in [-0.25, -0.2) is 0 Å². The molecule has 128 valence electrons. The molecule has 1 aliphatic carbocycles. The van der Waals surface area contributed by atoms with Crippen LogP contribution in [0.5, 0.6) is 0 Å². The molecule has 4 nitrogen and oxygen atoms in total. The molecular formula is C20H26N2O2. The maximum absolute atomic E-state index is 12.7. The average molecular weight is 326 g/mol. The number of para-hydroxylation sites is 1. The van der Waals surface area contributed by atoms with Gasteiger partial charge in [0, 0.05) is 32.2 Å². The van der Waals surface area contributed by atoms with Crippen molar-refractivity contribution in [3.63, 3.8) is 0 Å². The largest absolute Gasteiger partial charge is 0.342 e. The van der Waals surface area contributed by atoms with Gasteiger partial charge in [-0.15, -0.1) is 0 Å². The van der Waals surface area contributed by atoms with Crippen molar-refractivity contribution >= 4 is 17.5 Å². The minimum atomic E-state index is -0.219. The van der Waals surface area contributed by atoms with Crippen LogP contribution < -0.4 is 4.90 Å². The molecule has 0 spiro atoms. The number of allylic oxidation sites excluding steroid dienone is 1. The fraction of sp³-hybridized carbons (Fsp3) is 0.500. The van der Waals surface area contributed by atoms with Gasteiger partial charge >= 0.3 is 0 Å². The molecule has 1 saturated heterocycles. The van der Waals surface area contributed by atoms with Gasteiger partial charge in [-0.3, -0.25) is 9.59 Å². The highest BCUT2D eigenvalue weighted by atomic mass is 16.2. The van der Waals surface area contributed by atoms with Crippen molar-refractivity contribution in [2.75, 3.05) is 25.0 Å². The Kier molecular flexibility index (Phi) is 5.34. The molecule has 1 fully saturated rings. The molecule has 0 radical (unpaired) electrons. The Balaban J connectivity index is 1.55. The standard InChI is InChI=1S/C20H26N2O2/c1-21(18-10-6-3-7-11-18)20(24)17-14-19(23)22(15-17)13-12-16-8-4-2-5-9-16/h3,6-8,10-11,17H,2,4-5,9,12-15H2,1H3. The van der Waals surface area contributed by atoms with Gasteiger partial charge in [0.1, 0.15) is 0 Å². The molecule has 1 atom stereocenters. The van der Waals surface area contributed by atoms with E-state index in [4.69, 9.17) is 0 Å². The average Bonchev–Trinajstić information content (AvgIpc) is 3.01. The Hall–Kier alpha value is -2.10. The van der Waals surface area contributed by atoms with E-state index in [0.29, 0.717) is 13.0 Å². The first-order chi connectivity index (χ1) is 11.6. The second-order valence-electron chi connectivity index (χ2n) is 6.83. The van der Waals surface area contributed by atoms with Crippen molar-refractivity contribution in [1.82, 2.24) is 4.90 Å². The number of hydrogen-bond acceptors (Lipinski definition) is 2. The summed E-state index contributed by atoms with van der Waals surface area (Å²) in [6.07, 6.45) is 8.52. The lowest BCUT2D eigenvalue weighted by molar-refractivity contribution is -0.128. The van der Waals surface area contributed by atoms with Crippen LogP contribution in [0.1, 0.15) is 38.5 Å². The molecule has 24 heavy (non-hydrogen) atoms. The molecule has 3 rings (SSSR count). The van der Waals surface area contributed by atoms with Crippen LogP contribution in [0.25, 0.3) is 0 Å². The van der Waals surface area contributed by atoms with E-state index in [-0.39, 0.29) is 17.7 Å². The fourth-order valence-electron chi connectivity index (χ4n) is 3.62. The fourth-order valence-corrected chi connectivity index (χ4v) is 3.62. The highest BCUT2D eigenvalue weighted by Crippen LogP contribution is 2.25. The van der Waals surface area contributed by atoms with Gasteiger partial charge in [-0.05, 0) is 44.2 Å². The van der Waals surface area contributed by atoms with Crippen LogP contribution >= 0.6 is 0 Å². The van der Waals surface area contributed by atoms with Gasteiger partial charge in [0.25, 0.3) is 0 Å². The highest BCUT2D eigenvalue weighted by Gasteiger charge is 2.35. The second-order valence-corrected chi connectivity index (χ2v) is 6.83. The van der Waals surface area contributed by atoms with Crippen LogP contribution in [0.2, 0.25) is 0 Å². The summed E-state index contributed by atoms with van der Waals surface area (Å²) in [6, 6.07) is 9.61. The quantitative estimate of drug-likeness (QED) is 0.778. The number of benzene rings is 1. The molecule has 1 aromatic rings. The van der Waals surface area contributed by atoms with Crippen molar-refractivity contribution in [2.45, 2.75) is 38.5 Å². The number of carbonyl (C=O) groups excluding carboxylic acids is 2. The normalized spacial score (nSPS) is 20.9. The monoisotopic (exact) mass is 326 g/mol. The van der Waals surface area contributed by atoms with Crippen molar-refractivity contribution in [1.29, 1.82) is 0 Å². The number of likely N-dealkylation sites (tertiary alicyclic amines) is 1. The van der Waals surface area contributed by atoms with Gasteiger partial charge in [0.2, 0.25) is 11.8 Å². The summed E-state index contributed by atoms with van der Waals surface area (Å²) >= 11 is 0. The molecule has 2 amide bonds. The first kappa shape index (κ1) is 16.7. The predicted octanol–water partition coefficient (Wildman–Crippen LogP) is 3.39. The third kappa shape index (κ3) is 3.86. The number of rotatable bonds is 5. The Morgan fingerprint density at radius 3 is 2.75 bits per heavy atom. The summed E-state index contributed by atoms with van der Waals surface area (Å²) in [5, 5.41) is 0. The van der Waals surface area contributed by atoms with E-state index in [2.05, 4.69) is 6.08 Å². The SMILES string of the molecule is CN(C(=O)C1CC(=O)N(CCC2=CCCCC2)C1)c1ccccc1. The van der Waals surface area contributed by atoms with Gasteiger partial charge < -0.3 is 9.80 Å². The van der Waals surface area contributed by atoms with E-state index in [9.17, 15) is 9.59 Å². The zero-order valence-corrected chi connectivity index (χ0v) is 14.4. The van der Waals surface area contributed by atoms with Gasteiger partial charge in [-0.1, -0.05) is 29.8 Å². The summed E-state index contributed by atoms with van der Waals surface area (Å²) in [5.41, 5.74) is 2.35. The van der Waals surface area contributed by atoms with E-state index >= 15 is 0 Å². The van der Waals surface area contributed by atoms with Crippen LogP contribution in [-0.2, 0) is 9.59 Å².